The van der Waals surface area contributed by atoms with Crippen LogP contribution in [0.2, 0.25) is 6.55 Å². The van der Waals surface area contributed by atoms with Crippen molar-refractivity contribution >= 4 is 9.52 Å². The van der Waals surface area contributed by atoms with Crippen LogP contribution in [0, 0.1) is 0 Å². The molecule has 0 aromatic rings. The van der Waals surface area contributed by atoms with Crippen molar-refractivity contribution in [2.75, 3.05) is 13.2 Å². The van der Waals surface area contributed by atoms with Crippen LogP contribution in [0.5, 0.6) is 0 Å². The molecule has 0 bridgehead atoms. The van der Waals surface area contributed by atoms with Crippen LogP contribution in [0.3, 0.4) is 0 Å². The summed E-state index contributed by atoms with van der Waals surface area (Å²) in [5.41, 5.74) is 0. The molecule has 1 fully saturated rings. The molecule has 0 spiro atoms. The van der Waals surface area contributed by atoms with Crippen molar-refractivity contribution in [3.8, 4) is 0 Å². The lowest BCUT2D eigenvalue weighted by Crippen LogP contribution is -2.44. The monoisotopic (exact) mass is 159 g/mol. The maximum Gasteiger partial charge on any atom is 0.107 e. The molecule has 3 heteroatoms. The van der Waals surface area contributed by atoms with Gasteiger partial charge in [-0.2, -0.15) is 0 Å². The molecule has 0 aliphatic carbocycles. The highest BCUT2D eigenvalue weighted by molar-refractivity contribution is 6.37. The standard InChI is InChI=1S/C7H15O2Si/c1-10-7(6-8)4-2-3-5-9-7/h2-6,10H2,1H3. The number of rotatable bonds is 2. The fourth-order valence-corrected chi connectivity index (χ4v) is 2.56. The van der Waals surface area contributed by atoms with Crippen molar-refractivity contribution in [1.82, 2.24) is 0 Å². The van der Waals surface area contributed by atoms with Gasteiger partial charge in [-0.05, 0) is 19.3 Å². The summed E-state index contributed by atoms with van der Waals surface area (Å²) in [5, 5.41) is 10.6. The number of hydrogen-bond acceptors (Lipinski definition) is 1. The van der Waals surface area contributed by atoms with E-state index in [2.05, 4.69) is 6.55 Å². The van der Waals surface area contributed by atoms with Crippen molar-refractivity contribution < 1.29 is 9.84 Å². The third-order valence-electron chi connectivity index (χ3n) is 2.34. The van der Waals surface area contributed by atoms with Crippen LogP contribution in [0.1, 0.15) is 19.3 Å². The smallest absolute Gasteiger partial charge is 0.107 e. The SMILES string of the molecule is C[SiH2]C1(C[O])CCCCO1. The fourth-order valence-electron chi connectivity index (χ4n) is 1.40. The van der Waals surface area contributed by atoms with Gasteiger partial charge in [-0.1, -0.05) is 6.55 Å². The van der Waals surface area contributed by atoms with Gasteiger partial charge in [0.15, 0.2) is 0 Å². The average molecular weight is 159 g/mol. The number of hydrogen-bond donors (Lipinski definition) is 0. The summed E-state index contributed by atoms with van der Waals surface area (Å²) in [7, 11) is -0.273. The molecule has 1 radical (unpaired) electrons. The Labute approximate surface area is 64.4 Å². The summed E-state index contributed by atoms with van der Waals surface area (Å²) in [4.78, 5) is 0. The normalized spacial score (nSPS) is 35.4. The van der Waals surface area contributed by atoms with E-state index in [1.165, 1.54) is 6.42 Å². The molecule has 0 N–H and O–H groups in total. The summed E-state index contributed by atoms with van der Waals surface area (Å²) >= 11 is 0. The van der Waals surface area contributed by atoms with E-state index >= 15 is 0 Å². The molecule has 1 unspecified atom stereocenters. The highest BCUT2D eigenvalue weighted by atomic mass is 28.2. The Morgan fingerprint density at radius 3 is 2.70 bits per heavy atom. The lowest BCUT2D eigenvalue weighted by Gasteiger charge is -2.33. The topological polar surface area (TPSA) is 29.1 Å². The Bertz CT molecular complexity index is 93.8. The van der Waals surface area contributed by atoms with Crippen LogP contribution in [0.4, 0.5) is 0 Å². The van der Waals surface area contributed by atoms with Gasteiger partial charge in [0.25, 0.3) is 0 Å². The van der Waals surface area contributed by atoms with Crippen molar-refractivity contribution in [3.05, 3.63) is 0 Å². The summed E-state index contributed by atoms with van der Waals surface area (Å²) in [5.74, 6) is 0. The van der Waals surface area contributed by atoms with Crippen molar-refractivity contribution in [2.24, 2.45) is 0 Å². The molecule has 10 heavy (non-hydrogen) atoms. The molecule has 59 valence electrons. The summed E-state index contributed by atoms with van der Waals surface area (Å²) in [6, 6.07) is 0. The van der Waals surface area contributed by atoms with Gasteiger partial charge in [0.2, 0.25) is 0 Å². The van der Waals surface area contributed by atoms with Crippen molar-refractivity contribution in [1.29, 1.82) is 0 Å². The molecule has 0 amide bonds. The zero-order valence-corrected chi connectivity index (χ0v) is 7.97. The van der Waals surface area contributed by atoms with E-state index in [1.807, 2.05) is 0 Å². The number of ether oxygens (including phenoxy) is 1. The Morgan fingerprint density at radius 1 is 1.60 bits per heavy atom. The molecule has 0 aromatic carbocycles. The van der Waals surface area contributed by atoms with E-state index in [0.29, 0.717) is 0 Å². The highest BCUT2D eigenvalue weighted by Crippen LogP contribution is 2.23. The second kappa shape index (κ2) is 3.51. The van der Waals surface area contributed by atoms with Crippen LogP contribution < -0.4 is 0 Å². The Kier molecular flexibility index (Phi) is 2.89. The third kappa shape index (κ3) is 1.59. The molecule has 1 heterocycles. The predicted molar refractivity (Wildman–Crippen MR) is 42.5 cm³/mol. The molecule has 0 saturated carbocycles. The van der Waals surface area contributed by atoms with Gasteiger partial charge in [-0.15, -0.1) is 0 Å². The molecule has 1 saturated heterocycles. The van der Waals surface area contributed by atoms with Gasteiger partial charge in [0.05, 0.1) is 14.7 Å². The maximum atomic E-state index is 10.7. The van der Waals surface area contributed by atoms with E-state index in [4.69, 9.17) is 4.74 Å². The summed E-state index contributed by atoms with van der Waals surface area (Å²) < 4.78 is 5.51. The molecular weight excluding hydrogens is 144 g/mol. The first-order valence-corrected chi connectivity index (χ1v) is 6.17. The van der Waals surface area contributed by atoms with Gasteiger partial charge in [0.1, 0.15) is 6.61 Å². The predicted octanol–water partition coefficient (Wildman–Crippen LogP) is 0.531. The Hall–Kier alpha value is 0.137. The van der Waals surface area contributed by atoms with Crippen LogP contribution >= 0.6 is 0 Å². The van der Waals surface area contributed by atoms with Crippen LogP contribution in [-0.4, -0.2) is 28.0 Å². The van der Waals surface area contributed by atoms with Crippen LogP contribution in [-0.2, 0) is 9.84 Å². The Morgan fingerprint density at radius 2 is 2.40 bits per heavy atom. The zero-order chi connectivity index (χ0) is 7.45. The molecule has 0 aromatic heterocycles. The highest BCUT2D eigenvalue weighted by Gasteiger charge is 2.30. The van der Waals surface area contributed by atoms with Gasteiger partial charge < -0.3 is 4.74 Å². The van der Waals surface area contributed by atoms with Crippen molar-refractivity contribution in [2.45, 2.75) is 31.0 Å². The van der Waals surface area contributed by atoms with E-state index < -0.39 is 0 Å². The minimum Gasteiger partial charge on any atom is -0.377 e. The molecule has 1 rings (SSSR count). The van der Waals surface area contributed by atoms with Gasteiger partial charge in [0, 0.05) is 6.61 Å². The average Bonchev–Trinajstić information content (AvgIpc) is 2.06. The van der Waals surface area contributed by atoms with Gasteiger partial charge >= 0.3 is 0 Å². The van der Waals surface area contributed by atoms with Crippen molar-refractivity contribution in [3.63, 3.8) is 0 Å². The van der Waals surface area contributed by atoms with Crippen LogP contribution in [0.15, 0.2) is 0 Å². The van der Waals surface area contributed by atoms with Crippen LogP contribution in [0.25, 0.3) is 0 Å². The largest absolute Gasteiger partial charge is 0.377 e. The van der Waals surface area contributed by atoms with E-state index in [-0.39, 0.29) is 21.4 Å². The first-order chi connectivity index (χ1) is 4.83. The quantitative estimate of drug-likeness (QED) is 0.540. The minimum atomic E-state index is -0.273. The van der Waals surface area contributed by atoms with E-state index in [1.54, 1.807) is 0 Å². The van der Waals surface area contributed by atoms with E-state index in [0.717, 1.165) is 19.4 Å². The summed E-state index contributed by atoms with van der Waals surface area (Å²) in [6.07, 6.45) is 3.37. The minimum absolute atomic E-state index is 0.00424. The second-order valence-corrected chi connectivity index (χ2v) is 4.98. The molecule has 1 aliphatic rings. The molecule has 2 nitrogen and oxygen atoms in total. The lowest BCUT2D eigenvalue weighted by molar-refractivity contribution is -0.0681. The molecule has 1 atom stereocenters. The first kappa shape index (κ1) is 8.24. The van der Waals surface area contributed by atoms with Gasteiger partial charge in [-0.3, -0.25) is 0 Å². The maximum absolute atomic E-state index is 10.7. The molecule has 1 aliphatic heterocycles. The Balaban J connectivity index is 2.44. The lowest BCUT2D eigenvalue weighted by atomic mass is 10.1. The zero-order valence-electron chi connectivity index (χ0n) is 6.56. The molecular formula is C7H15O2Si. The first-order valence-electron chi connectivity index (χ1n) is 4.05. The summed E-state index contributed by atoms with van der Waals surface area (Å²) in [6.45, 7) is 2.99. The third-order valence-corrected chi connectivity index (χ3v) is 4.39. The fraction of sp³-hybridized carbons (Fsp3) is 1.00. The second-order valence-electron chi connectivity index (χ2n) is 2.99. The van der Waals surface area contributed by atoms with Gasteiger partial charge in [-0.25, -0.2) is 5.11 Å². The van der Waals surface area contributed by atoms with E-state index in [9.17, 15) is 5.11 Å².